The lowest BCUT2D eigenvalue weighted by Crippen LogP contribution is -1.80. The van der Waals surface area contributed by atoms with Crippen molar-refractivity contribution in [3.63, 3.8) is 0 Å². The topological polar surface area (TPSA) is 25.8 Å². The van der Waals surface area contributed by atoms with Crippen LogP contribution in [0.5, 0.6) is 0 Å². The van der Waals surface area contributed by atoms with Crippen LogP contribution in [0.1, 0.15) is 0 Å². The van der Waals surface area contributed by atoms with Crippen LogP contribution < -0.4 is 0 Å². The summed E-state index contributed by atoms with van der Waals surface area (Å²) in [6, 6.07) is 6.15. The second-order valence-electron chi connectivity index (χ2n) is 2.48. The molecule has 1 aromatic heterocycles. The SMILES string of the molecule is Brc1nnc(-c2cc(I)ccc2Br)s1. The number of benzene rings is 1. The van der Waals surface area contributed by atoms with Crippen molar-refractivity contribution in [1.82, 2.24) is 10.2 Å². The van der Waals surface area contributed by atoms with Gasteiger partial charge in [0.1, 0.15) is 5.01 Å². The van der Waals surface area contributed by atoms with Gasteiger partial charge in [-0.1, -0.05) is 27.3 Å². The summed E-state index contributed by atoms with van der Waals surface area (Å²) in [7, 11) is 0. The molecule has 1 heterocycles. The van der Waals surface area contributed by atoms with E-state index in [-0.39, 0.29) is 0 Å². The van der Waals surface area contributed by atoms with Crippen LogP contribution in [0.3, 0.4) is 0 Å². The van der Waals surface area contributed by atoms with Crippen LogP contribution >= 0.6 is 65.8 Å². The number of hydrogen-bond acceptors (Lipinski definition) is 3. The smallest absolute Gasteiger partial charge is 0.137 e. The quantitative estimate of drug-likeness (QED) is 0.610. The standard InChI is InChI=1S/C8H3Br2IN2S/c9-6-2-1-4(11)3-5(6)7-12-13-8(10)14-7/h1-3H. The highest BCUT2D eigenvalue weighted by molar-refractivity contribution is 14.1. The molecule has 0 saturated heterocycles. The summed E-state index contributed by atoms with van der Waals surface area (Å²) in [5, 5.41) is 8.92. The molecule has 0 amide bonds. The van der Waals surface area contributed by atoms with Crippen LogP contribution in [0.2, 0.25) is 0 Å². The molecule has 2 nitrogen and oxygen atoms in total. The minimum Gasteiger partial charge on any atom is -0.137 e. The normalized spacial score (nSPS) is 10.5. The molecule has 0 aliphatic carbocycles. The van der Waals surface area contributed by atoms with Gasteiger partial charge in [-0.05, 0) is 56.7 Å². The molecule has 0 atom stereocenters. The molecule has 6 heteroatoms. The Morgan fingerprint density at radius 1 is 1.21 bits per heavy atom. The second kappa shape index (κ2) is 4.54. The number of rotatable bonds is 1. The molecule has 2 rings (SSSR count). The fourth-order valence-corrected chi connectivity index (χ4v) is 3.17. The summed E-state index contributed by atoms with van der Waals surface area (Å²) in [5.41, 5.74) is 1.08. The number of halogens is 3. The van der Waals surface area contributed by atoms with Crippen LogP contribution in [0, 0.1) is 3.57 Å². The maximum atomic E-state index is 4.08. The van der Waals surface area contributed by atoms with E-state index in [1.54, 1.807) is 0 Å². The summed E-state index contributed by atoms with van der Waals surface area (Å²) in [5.74, 6) is 0. The summed E-state index contributed by atoms with van der Waals surface area (Å²) >= 11 is 10.6. The van der Waals surface area contributed by atoms with Crippen molar-refractivity contribution in [3.8, 4) is 10.6 Å². The third-order valence-electron chi connectivity index (χ3n) is 1.56. The van der Waals surface area contributed by atoms with Crippen molar-refractivity contribution in [3.05, 3.63) is 30.2 Å². The number of nitrogens with zero attached hydrogens (tertiary/aromatic N) is 2. The molecule has 0 N–H and O–H groups in total. The zero-order valence-corrected chi connectivity index (χ0v) is 12.8. The second-order valence-corrected chi connectivity index (χ2v) is 6.84. The predicted octanol–water partition coefficient (Wildman–Crippen LogP) is 4.33. The van der Waals surface area contributed by atoms with E-state index in [1.807, 2.05) is 12.1 Å². The minimum atomic E-state index is 0.804. The molecule has 0 unspecified atom stereocenters. The molecule has 0 aliphatic rings. The molecule has 1 aromatic carbocycles. The molecule has 0 saturated carbocycles. The van der Waals surface area contributed by atoms with E-state index < -0.39 is 0 Å². The molecule has 0 bridgehead atoms. The van der Waals surface area contributed by atoms with E-state index >= 15 is 0 Å². The first-order valence-electron chi connectivity index (χ1n) is 3.61. The number of hydrogen-bond donors (Lipinski definition) is 0. The van der Waals surface area contributed by atoms with Gasteiger partial charge in [0.05, 0.1) is 0 Å². The lowest BCUT2D eigenvalue weighted by molar-refractivity contribution is 1.07. The average Bonchev–Trinajstić information content (AvgIpc) is 2.56. The monoisotopic (exact) mass is 444 g/mol. The fourth-order valence-electron chi connectivity index (χ4n) is 0.976. The molecule has 72 valence electrons. The first-order valence-corrected chi connectivity index (χ1v) is 7.09. The van der Waals surface area contributed by atoms with Gasteiger partial charge in [-0.3, -0.25) is 0 Å². The van der Waals surface area contributed by atoms with Crippen molar-refractivity contribution in [2.45, 2.75) is 0 Å². The van der Waals surface area contributed by atoms with Gasteiger partial charge in [0.25, 0.3) is 0 Å². The van der Waals surface area contributed by atoms with Gasteiger partial charge in [-0.2, -0.15) is 0 Å². The zero-order chi connectivity index (χ0) is 10.1. The van der Waals surface area contributed by atoms with Crippen molar-refractivity contribution < 1.29 is 0 Å². The predicted molar refractivity (Wildman–Crippen MR) is 73.5 cm³/mol. The molecule has 0 fully saturated rings. The van der Waals surface area contributed by atoms with E-state index in [0.717, 1.165) is 19.0 Å². The van der Waals surface area contributed by atoms with E-state index in [1.165, 1.54) is 14.9 Å². The van der Waals surface area contributed by atoms with Crippen LogP contribution in [0.25, 0.3) is 10.6 Å². The first-order chi connectivity index (χ1) is 6.66. The van der Waals surface area contributed by atoms with Crippen molar-refractivity contribution in [2.24, 2.45) is 0 Å². The summed E-state index contributed by atoms with van der Waals surface area (Å²) < 4.78 is 3.03. The Morgan fingerprint density at radius 2 is 2.00 bits per heavy atom. The first kappa shape index (κ1) is 11.0. The molecule has 2 aromatic rings. The van der Waals surface area contributed by atoms with Crippen LogP contribution in [0.15, 0.2) is 26.6 Å². The van der Waals surface area contributed by atoms with Crippen LogP contribution in [-0.4, -0.2) is 10.2 Å². The maximum Gasteiger partial charge on any atom is 0.183 e. The van der Waals surface area contributed by atoms with Crippen molar-refractivity contribution in [2.75, 3.05) is 0 Å². The van der Waals surface area contributed by atoms with E-state index in [4.69, 9.17) is 0 Å². The highest BCUT2D eigenvalue weighted by atomic mass is 127. The Morgan fingerprint density at radius 3 is 2.64 bits per heavy atom. The fraction of sp³-hybridized carbons (Fsp3) is 0. The van der Waals surface area contributed by atoms with Gasteiger partial charge in [0.15, 0.2) is 3.92 Å². The van der Waals surface area contributed by atoms with Crippen LogP contribution in [0.4, 0.5) is 0 Å². The summed E-state index contributed by atoms with van der Waals surface area (Å²) in [4.78, 5) is 0. The maximum absolute atomic E-state index is 4.08. The van der Waals surface area contributed by atoms with E-state index in [2.05, 4.69) is 70.7 Å². The van der Waals surface area contributed by atoms with Gasteiger partial charge in [-0.15, -0.1) is 10.2 Å². The Bertz CT molecular complexity index is 472. The van der Waals surface area contributed by atoms with Gasteiger partial charge < -0.3 is 0 Å². The molecule has 0 spiro atoms. The highest BCUT2D eigenvalue weighted by Crippen LogP contribution is 2.32. The van der Waals surface area contributed by atoms with Crippen molar-refractivity contribution in [1.29, 1.82) is 0 Å². The Labute approximate surface area is 116 Å². The summed E-state index contributed by atoms with van der Waals surface area (Å²) in [6.45, 7) is 0. The average molecular weight is 446 g/mol. The summed E-state index contributed by atoms with van der Waals surface area (Å²) in [6.07, 6.45) is 0. The Hall–Kier alpha value is 0.470. The molecule has 14 heavy (non-hydrogen) atoms. The van der Waals surface area contributed by atoms with Gasteiger partial charge >= 0.3 is 0 Å². The number of aromatic nitrogens is 2. The van der Waals surface area contributed by atoms with E-state index in [0.29, 0.717) is 0 Å². The molecular weight excluding hydrogens is 443 g/mol. The molecule has 0 radical (unpaired) electrons. The zero-order valence-electron chi connectivity index (χ0n) is 6.67. The Kier molecular flexibility index (Phi) is 3.56. The van der Waals surface area contributed by atoms with Crippen molar-refractivity contribution >= 4 is 65.8 Å². The van der Waals surface area contributed by atoms with Gasteiger partial charge in [0, 0.05) is 13.6 Å². The minimum absolute atomic E-state index is 0.804. The van der Waals surface area contributed by atoms with Gasteiger partial charge in [0.2, 0.25) is 0 Å². The van der Waals surface area contributed by atoms with Gasteiger partial charge in [-0.25, -0.2) is 0 Å². The van der Waals surface area contributed by atoms with Crippen LogP contribution in [-0.2, 0) is 0 Å². The third-order valence-corrected chi connectivity index (χ3v) is 4.31. The lowest BCUT2D eigenvalue weighted by Gasteiger charge is -1.99. The lowest BCUT2D eigenvalue weighted by atomic mass is 10.2. The Balaban J connectivity index is 2.55. The largest absolute Gasteiger partial charge is 0.183 e. The third kappa shape index (κ3) is 2.34. The molecule has 0 aliphatic heterocycles. The highest BCUT2D eigenvalue weighted by Gasteiger charge is 2.08. The molecular formula is C8H3Br2IN2S. The van der Waals surface area contributed by atoms with E-state index in [9.17, 15) is 0 Å².